The molecule has 29 heavy (non-hydrogen) atoms. The van der Waals surface area contributed by atoms with Crippen molar-refractivity contribution in [3.63, 3.8) is 0 Å². The van der Waals surface area contributed by atoms with Gasteiger partial charge < -0.3 is 15.5 Å². The van der Waals surface area contributed by atoms with Crippen molar-refractivity contribution in [1.82, 2.24) is 4.90 Å². The first-order valence-corrected chi connectivity index (χ1v) is 9.92. The van der Waals surface area contributed by atoms with Crippen molar-refractivity contribution in [3.05, 3.63) is 71.0 Å². The molecule has 1 saturated heterocycles. The number of anilines is 1. The van der Waals surface area contributed by atoms with E-state index in [1.165, 1.54) is 24.5 Å². The number of carbonyl (C=O) groups is 2. The summed E-state index contributed by atoms with van der Waals surface area (Å²) < 4.78 is 13.4. The molecular weight excluding hydrogens is 369 g/mol. The highest BCUT2D eigenvalue weighted by Crippen LogP contribution is 2.39. The number of benzene rings is 2. The van der Waals surface area contributed by atoms with Crippen LogP contribution in [-0.4, -0.2) is 42.9 Å². The maximum atomic E-state index is 13.4. The lowest BCUT2D eigenvalue weighted by Gasteiger charge is -2.36. The van der Waals surface area contributed by atoms with Gasteiger partial charge in [0.15, 0.2) is 0 Å². The molecule has 150 valence electrons. The van der Waals surface area contributed by atoms with Crippen molar-refractivity contribution in [2.45, 2.75) is 18.8 Å². The van der Waals surface area contributed by atoms with Crippen molar-refractivity contribution < 1.29 is 14.0 Å². The average molecular weight is 393 g/mol. The Morgan fingerprint density at radius 3 is 2.31 bits per heavy atom. The molecule has 0 radical (unpaired) electrons. The van der Waals surface area contributed by atoms with Crippen molar-refractivity contribution in [3.8, 4) is 0 Å². The van der Waals surface area contributed by atoms with Gasteiger partial charge in [0, 0.05) is 37.9 Å². The predicted molar refractivity (Wildman–Crippen MR) is 111 cm³/mol. The topological polar surface area (TPSA) is 66.6 Å². The highest BCUT2D eigenvalue weighted by atomic mass is 19.1. The number of primary amides is 1. The third kappa shape index (κ3) is 4.47. The van der Waals surface area contributed by atoms with Gasteiger partial charge in [0.25, 0.3) is 5.91 Å². The van der Waals surface area contributed by atoms with E-state index in [2.05, 4.69) is 24.3 Å². The van der Waals surface area contributed by atoms with Crippen LogP contribution in [0.2, 0.25) is 0 Å². The fourth-order valence-corrected chi connectivity index (χ4v) is 3.72. The first-order chi connectivity index (χ1) is 14.0. The van der Waals surface area contributed by atoms with E-state index in [0.29, 0.717) is 31.9 Å². The van der Waals surface area contributed by atoms with Crippen LogP contribution in [-0.2, 0) is 4.79 Å². The normalized spacial score (nSPS) is 17.0. The van der Waals surface area contributed by atoms with Crippen LogP contribution in [0.4, 0.5) is 10.1 Å². The Labute approximate surface area is 169 Å². The van der Waals surface area contributed by atoms with Gasteiger partial charge in [-0.3, -0.25) is 9.59 Å². The number of piperazine rings is 1. The Morgan fingerprint density at radius 2 is 1.69 bits per heavy atom. The van der Waals surface area contributed by atoms with Crippen LogP contribution in [0.25, 0.3) is 6.08 Å². The minimum absolute atomic E-state index is 0.0369. The van der Waals surface area contributed by atoms with E-state index in [4.69, 9.17) is 5.73 Å². The van der Waals surface area contributed by atoms with Gasteiger partial charge in [-0.2, -0.15) is 0 Å². The zero-order valence-corrected chi connectivity index (χ0v) is 16.2. The predicted octanol–water partition coefficient (Wildman–Crippen LogP) is 3.16. The first kappa shape index (κ1) is 19.2. The van der Waals surface area contributed by atoms with Gasteiger partial charge in [0.05, 0.1) is 5.56 Å². The Morgan fingerprint density at radius 1 is 1.00 bits per heavy atom. The Kier molecular flexibility index (Phi) is 5.34. The Bertz CT molecular complexity index is 943. The highest BCUT2D eigenvalue weighted by Gasteiger charge is 2.24. The van der Waals surface area contributed by atoms with Crippen LogP contribution in [0.15, 0.2) is 48.5 Å². The summed E-state index contributed by atoms with van der Waals surface area (Å²) in [4.78, 5) is 27.9. The van der Waals surface area contributed by atoms with Gasteiger partial charge in [-0.15, -0.1) is 0 Å². The number of nitrogens with zero attached hydrogens (tertiary/aromatic N) is 2. The molecule has 1 aliphatic heterocycles. The molecule has 1 saturated carbocycles. The van der Waals surface area contributed by atoms with E-state index >= 15 is 0 Å². The molecule has 1 aliphatic carbocycles. The van der Waals surface area contributed by atoms with Crippen LogP contribution in [0.3, 0.4) is 0 Å². The number of carbonyl (C=O) groups excluding carboxylic acids is 2. The lowest BCUT2D eigenvalue weighted by Crippen LogP contribution is -2.48. The quantitative estimate of drug-likeness (QED) is 0.794. The van der Waals surface area contributed by atoms with Crippen LogP contribution >= 0.6 is 0 Å². The molecule has 1 heterocycles. The third-order valence-corrected chi connectivity index (χ3v) is 5.56. The fraction of sp³-hybridized carbons (Fsp3) is 0.304. The lowest BCUT2D eigenvalue weighted by atomic mass is 10.1. The number of nitrogens with two attached hydrogens (primary N) is 1. The second-order valence-corrected chi connectivity index (χ2v) is 7.61. The zero-order valence-electron chi connectivity index (χ0n) is 16.2. The molecule has 0 unspecified atom stereocenters. The number of halogens is 1. The summed E-state index contributed by atoms with van der Waals surface area (Å²) in [6.45, 7) is 2.17. The van der Waals surface area contributed by atoms with E-state index in [-0.39, 0.29) is 11.5 Å². The van der Waals surface area contributed by atoms with Gasteiger partial charge in [-0.1, -0.05) is 24.3 Å². The summed E-state index contributed by atoms with van der Waals surface area (Å²) in [5, 5.41) is 0. The fourth-order valence-electron chi connectivity index (χ4n) is 3.72. The summed E-state index contributed by atoms with van der Waals surface area (Å²) in [5.74, 6) is -0.465. The Balaban J connectivity index is 1.35. The largest absolute Gasteiger partial charge is 0.367 e. The standard InChI is InChI=1S/C23H24FN3O2/c24-19-8-9-21(20(15-19)23(25)29)26-11-13-27(14-12-26)22(28)10-3-16-1-4-17(5-2-16)18-6-7-18/h1-5,8-10,15,18H,6-7,11-14H2,(H2,25,29)/b10-3+. The SMILES string of the molecule is NC(=O)c1cc(F)ccc1N1CCN(C(=O)/C=C/c2ccc(C3CC3)cc2)CC1. The summed E-state index contributed by atoms with van der Waals surface area (Å²) in [6, 6.07) is 12.4. The van der Waals surface area contributed by atoms with E-state index in [0.717, 1.165) is 17.5 Å². The number of amides is 2. The molecule has 4 rings (SSSR count). The van der Waals surface area contributed by atoms with Gasteiger partial charge in [0.1, 0.15) is 5.82 Å². The number of hydrogen-bond donors (Lipinski definition) is 1. The summed E-state index contributed by atoms with van der Waals surface area (Å²) in [5.41, 5.74) is 8.55. The molecule has 0 atom stereocenters. The van der Waals surface area contributed by atoms with Gasteiger partial charge in [-0.05, 0) is 54.2 Å². The molecule has 2 fully saturated rings. The average Bonchev–Trinajstić information content (AvgIpc) is 3.58. The van der Waals surface area contributed by atoms with Crippen LogP contribution in [0.1, 0.15) is 40.2 Å². The maximum Gasteiger partial charge on any atom is 0.250 e. The molecule has 5 nitrogen and oxygen atoms in total. The molecule has 2 amide bonds. The van der Waals surface area contributed by atoms with Crippen LogP contribution in [0, 0.1) is 5.82 Å². The molecule has 2 aromatic carbocycles. The van der Waals surface area contributed by atoms with Crippen molar-refractivity contribution in [2.75, 3.05) is 31.1 Å². The van der Waals surface area contributed by atoms with Gasteiger partial charge in [0.2, 0.25) is 5.91 Å². The third-order valence-electron chi connectivity index (χ3n) is 5.56. The van der Waals surface area contributed by atoms with E-state index in [1.807, 2.05) is 11.0 Å². The molecule has 0 spiro atoms. The minimum Gasteiger partial charge on any atom is -0.367 e. The van der Waals surface area contributed by atoms with Gasteiger partial charge in [-0.25, -0.2) is 4.39 Å². The van der Waals surface area contributed by atoms with Crippen molar-refractivity contribution in [1.29, 1.82) is 0 Å². The van der Waals surface area contributed by atoms with Crippen molar-refractivity contribution >= 4 is 23.6 Å². The van der Waals surface area contributed by atoms with Crippen LogP contribution in [0.5, 0.6) is 0 Å². The number of rotatable bonds is 5. The van der Waals surface area contributed by atoms with Crippen LogP contribution < -0.4 is 10.6 Å². The highest BCUT2D eigenvalue weighted by molar-refractivity contribution is 5.98. The van der Waals surface area contributed by atoms with E-state index in [9.17, 15) is 14.0 Å². The van der Waals surface area contributed by atoms with E-state index < -0.39 is 11.7 Å². The van der Waals surface area contributed by atoms with Crippen molar-refractivity contribution in [2.24, 2.45) is 5.73 Å². The van der Waals surface area contributed by atoms with E-state index in [1.54, 1.807) is 17.0 Å². The molecule has 2 aliphatic rings. The lowest BCUT2D eigenvalue weighted by molar-refractivity contribution is -0.126. The molecule has 0 bridgehead atoms. The monoisotopic (exact) mass is 393 g/mol. The minimum atomic E-state index is -0.659. The molecule has 0 aromatic heterocycles. The molecule has 2 aromatic rings. The maximum absolute atomic E-state index is 13.4. The smallest absolute Gasteiger partial charge is 0.250 e. The molecule has 6 heteroatoms. The summed E-state index contributed by atoms with van der Waals surface area (Å²) >= 11 is 0. The molecular formula is C23H24FN3O2. The van der Waals surface area contributed by atoms with Gasteiger partial charge >= 0.3 is 0 Å². The number of hydrogen-bond acceptors (Lipinski definition) is 3. The second kappa shape index (κ2) is 8.07. The first-order valence-electron chi connectivity index (χ1n) is 9.92. The second-order valence-electron chi connectivity index (χ2n) is 7.61. The summed E-state index contributed by atoms with van der Waals surface area (Å²) in [6.07, 6.45) is 6.00. The molecule has 2 N–H and O–H groups in total. The summed E-state index contributed by atoms with van der Waals surface area (Å²) in [7, 11) is 0. The zero-order chi connectivity index (χ0) is 20.4. The Hall–Kier alpha value is -3.15.